The lowest BCUT2D eigenvalue weighted by molar-refractivity contribution is 0.102. The number of nitrogens with one attached hydrogen (secondary N) is 1. The van der Waals surface area contributed by atoms with Crippen LogP contribution in [0.1, 0.15) is 15.9 Å². The van der Waals surface area contributed by atoms with E-state index in [1.165, 1.54) is 0 Å². The van der Waals surface area contributed by atoms with Crippen LogP contribution in [0.2, 0.25) is 10.0 Å². The Kier molecular flexibility index (Phi) is 3.98. The van der Waals surface area contributed by atoms with E-state index in [0.717, 1.165) is 5.56 Å². The van der Waals surface area contributed by atoms with Crippen LogP contribution in [0, 0.1) is 6.92 Å². The largest absolute Gasteiger partial charge is 0.397 e. The first-order valence-electron chi connectivity index (χ1n) is 5.60. The van der Waals surface area contributed by atoms with Crippen molar-refractivity contribution in [3.63, 3.8) is 0 Å². The molecule has 0 aliphatic heterocycles. The van der Waals surface area contributed by atoms with Crippen LogP contribution in [0.5, 0.6) is 0 Å². The van der Waals surface area contributed by atoms with Crippen LogP contribution in [0.15, 0.2) is 36.4 Å². The Morgan fingerprint density at radius 3 is 2.53 bits per heavy atom. The standard InChI is InChI=1S/C14H12Cl2N2O/c1-8-2-4-10(11(16)6-8)14(19)18-13-5-3-9(15)7-12(13)17/h2-7H,17H2,1H3,(H,18,19). The number of hydrogen-bond acceptors (Lipinski definition) is 2. The number of amides is 1. The average Bonchev–Trinajstić information content (AvgIpc) is 2.32. The maximum absolute atomic E-state index is 12.1. The molecule has 98 valence electrons. The van der Waals surface area contributed by atoms with Gasteiger partial charge < -0.3 is 11.1 Å². The van der Waals surface area contributed by atoms with Gasteiger partial charge in [0.25, 0.3) is 5.91 Å². The molecule has 0 unspecified atom stereocenters. The highest BCUT2D eigenvalue weighted by Crippen LogP contribution is 2.24. The molecular weight excluding hydrogens is 283 g/mol. The highest BCUT2D eigenvalue weighted by Gasteiger charge is 2.12. The van der Waals surface area contributed by atoms with Crippen molar-refractivity contribution in [3.8, 4) is 0 Å². The summed E-state index contributed by atoms with van der Waals surface area (Å²) in [6.45, 7) is 1.91. The molecule has 0 saturated heterocycles. The molecule has 0 aliphatic rings. The van der Waals surface area contributed by atoms with Gasteiger partial charge >= 0.3 is 0 Å². The summed E-state index contributed by atoms with van der Waals surface area (Å²) in [5.41, 5.74) is 8.09. The Labute approximate surface area is 121 Å². The second-order valence-electron chi connectivity index (χ2n) is 4.17. The molecule has 2 rings (SSSR count). The smallest absolute Gasteiger partial charge is 0.257 e. The predicted octanol–water partition coefficient (Wildman–Crippen LogP) is 4.14. The monoisotopic (exact) mass is 294 g/mol. The van der Waals surface area contributed by atoms with Crippen molar-refractivity contribution in [2.24, 2.45) is 0 Å². The first kappa shape index (κ1) is 13.7. The summed E-state index contributed by atoms with van der Waals surface area (Å²) in [6, 6.07) is 10.1. The zero-order chi connectivity index (χ0) is 14.0. The molecule has 1 amide bonds. The summed E-state index contributed by atoms with van der Waals surface area (Å²) in [6.07, 6.45) is 0. The van der Waals surface area contributed by atoms with Crippen molar-refractivity contribution in [2.75, 3.05) is 11.1 Å². The third kappa shape index (κ3) is 3.19. The summed E-state index contributed by atoms with van der Waals surface area (Å²) >= 11 is 11.8. The van der Waals surface area contributed by atoms with E-state index in [2.05, 4.69) is 5.32 Å². The lowest BCUT2D eigenvalue weighted by Crippen LogP contribution is -2.13. The number of nitrogens with two attached hydrogens (primary N) is 1. The quantitative estimate of drug-likeness (QED) is 0.818. The number of nitrogen functional groups attached to an aromatic ring is 1. The second-order valence-corrected chi connectivity index (χ2v) is 5.01. The Morgan fingerprint density at radius 1 is 1.16 bits per heavy atom. The van der Waals surface area contributed by atoms with Crippen LogP contribution in [-0.4, -0.2) is 5.91 Å². The van der Waals surface area contributed by atoms with Crippen molar-refractivity contribution in [1.82, 2.24) is 0 Å². The number of rotatable bonds is 2. The molecule has 0 fully saturated rings. The van der Waals surface area contributed by atoms with Crippen molar-refractivity contribution in [3.05, 3.63) is 57.6 Å². The van der Waals surface area contributed by atoms with Crippen molar-refractivity contribution in [2.45, 2.75) is 6.92 Å². The second kappa shape index (κ2) is 5.51. The fourth-order valence-corrected chi connectivity index (χ4v) is 2.14. The minimum Gasteiger partial charge on any atom is -0.397 e. The lowest BCUT2D eigenvalue weighted by atomic mass is 10.1. The van der Waals surface area contributed by atoms with E-state index in [1.807, 2.05) is 13.0 Å². The van der Waals surface area contributed by atoms with Gasteiger partial charge in [0, 0.05) is 5.02 Å². The van der Waals surface area contributed by atoms with Crippen LogP contribution < -0.4 is 11.1 Å². The van der Waals surface area contributed by atoms with Crippen molar-refractivity contribution in [1.29, 1.82) is 0 Å². The Morgan fingerprint density at radius 2 is 1.89 bits per heavy atom. The van der Waals surface area contributed by atoms with Crippen LogP contribution in [-0.2, 0) is 0 Å². The molecule has 3 N–H and O–H groups in total. The summed E-state index contributed by atoms with van der Waals surface area (Å²) in [5.74, 6) is -0.306. The van der Waals surface area contributed by atoms with E-state index in [-0.39, 0.29) is 5.91 Å². The molecule has 0 spiro atoms. The summed E-state index contributed by atoms with van der Waals surface area (Å²) in [7, 11) is 0. The van der Waals surface area contributed by atoms with Crippen LogP contribution in [0.25, 0.3) is 0 Å². The van der Waals surface area contributed by atoms with Gasteiger partial charge in [-0.3, -0.25) is 4.79 Å². The molecule has 0 saturated carbocycles. The number of anilines is 2. The third-order valence-corrected chi connectivity index (χ3v) is 3.18. The van der Waals surface area contributed by atoms with Crippen molar-refractivity contribution < 1.29 is 4.79 Å². The zero-order valence-electron chi connectivity index (χ0n) is 10.2. The number of halogens is 2. The van der Waals surface area contributed by atoms with Gasteiger partial charge in [-0.1, -0.05) is 29.3 Å². The fourth-order valence-electron chi connectivity index (χ4n) is 1.64. The van der Waals surface area contributed by atoms with E-state index in [1.54, 1.807) is 30.3 Å². The molecule has 0 aromatic heterocycles. The topological polar surface area (TPSA) is 55.1 Å². The van der Waals surface area contributed by atoms with Gasteiger partial charge in [0.2, 0.25) is 0 Å². The van der Waals surface area contributed by atoms with E-state index in [9.17, 15) is 4.79 Å². The normalized spacial score (nSPS) is 10.3. The lowest BCUT2D eigenvalue weighted by Gasteiger charge is -2.09. The fraction of sp³-hybridized carbons (Fsp3) is 0.0714. The summed E-state index contributed by atoms with van der Waals surface area (Å²) in [4.78, 5) is 12.1. The Hall–Kier alpha value is -1.71. The molecule has 19 heavy (non-hydrogen) atoms. The van der Waals surface area contributed by atoms with Crippen LogP contribution in [0.4, 0.5) is 11.4 Å². The molecule has 2 aromatic rings. The van der Waals surface area contributed by atoms with Gasteiger partial charge in [-0.05, 0) is 42.8 Å². The summed E-state index contributed by atoms with van der Waals surface area (Å²) in [5, 5.41) is 3.63. The maximum Gasteiger partial charge on any atom is 0.257 e. The average molecular weight is 295 g/mol. The minimum absolute atomic E-state index is 0.306. The Bertz CT molecular complexity index is 641. The maximum atomic E-state index is 12.1. The van der Waals surface area contributed by atoms with Crippen molar-refractivity contribution >= 4 is 40.5 Å². The molecule has 0 heterocycles. The molecule has 0 aliphatic carbocycles. The van der Waals surface area contributed by atoms with Gasteiger partial charge in [0.05, 0.1) is 22.0 Å². The predicted molar refractivity (Wildman–Crippen MR) is 80.0 cm³/mol. The molecule has 2 aromatic carbocycles. The third-order valence-electron chi connectivity index (χ3n) is 2.63. The van der Waals surface area contributed by atoms with Gasteiger partial charge in [0.1, 0.15) is 0 Å². The van der Waals surface area contributed by atoms with Gasteiger partial charge in [-0.2, -0.15) is 0 Å². The van der Waals surface area contributed by atoms with Gasteiger partial charge in [-0.15, -0.1) is 0 Å². The molecule has 5 heteroatoms. The molecule has 0 atom stereocenters. The number of hydrogen-bond donors (Lipinski definition) is 2. The van der Waals surface area contributed by atoms with E-state index in [0.29, 0.717) is 27.0 Å². The van der Waals surface area contributed by atoms with Crippen LogP contribution in [0.3, 0.4) is 0 Å². The molecular formula is C14H12Cl2N2O. The first-order chi connectivity index (χ1) is 8.97. The van der Waals surface area contributed by atoms with Gasteiger partial charge in [0.15, 0.2) is 0 Å². The van der Waals surface area contributed by atoms with Crippen LogP contribution >= 0.6 is 23.2 Å². The number of carbonyl (C=O) groups is 1. The Balaban J connectivity index is 2.25. The highest BCUT2D eigenvalue weighted by atomic mass is 35.5. The minimum atomic E-state index is -0.306. The number of aryl methyl sites for hydroxylation is 1. The molecule has 3 nitrogen and oxygen atoms in total. The SMILES string of the molecule is Cc1ccc(C(=O)Nc2ccc(Cl)cc2N)c(Cl)c1. The molecule has 0 bridgehead atoms. The van der Waals surface area contributed by atoms with Gasteiger partial charge in [-0.25, -0.2) is 0 Å². The molecule has 0 radical (unpaired) electrons. The highest BCUT2D eigenvalue weighted by molar-refractivity contribution is 6.34. The van der Waals surface area contributed by atoms with E-state index >= 15 is 0 Å². The first-order valence-corrected chi connectivity index (χ1v) is 6.35. The van der Waals surface area contributed by atoms with E-state index < -0.39 is 0 Å². The number of carbonyl (C=O) groups excluding carboxylic acids is 1. The zero-order valence-corrected chi connectivity index (χ0v) is 11.7. The summed E-state index contributed by atoms with van der Waals surface area (Å²) < 4.78 is 0. The van der Waals surface area contributed by atoms with E-state index in [4.69, 9.17) is 28.9 Å². The number of benzene rings is 2.